The summed E-state index contributed by atoms with van der Waals surface area (Å²) < 4.78 is 83.4. The second-order valence-electron chi connectivity index (χ2n) is 11.8. The number of aromatic amines is 1. The maximum absolute atomic E-state index is 16.0. The molecule has 1 aromatic heterocycles. The number of alkyl halides is 1. The van der Waals surface area contributed by atoms with Crippen molar-refractivity contribution in [3.63, 3.8) is 0 Å². The van der Waals surface area contributed by atoms with Gasteiger partial charge in [-0.25, -0.2) is 18.1 Å². The van der Waals surface area contributed by atoms with Crippen LogP contribution in [-0.2, 0) is 42.2 Å². The van der Waals surface area contributed by atoms with Gasteiger partial charge in [0.15, 0.2) is 6.23 Å². The van der Waals surface area contributed by atoms with Gasteiger partial charge in [0, 0.05) is 23.7 Å². The minimum Gasteiger partial charge on any atom is -0.403 e. The predicted octanol–water partition coefficient (Wildman–Crippen LogP) is 4.51. The van der Waals surface area contributed by atoms with Gasteiger partial charge < -0.3 is 14.4 Å². The fourth-order valence-electron chi connectivity index (χ4n) is 4.45. The zero-order valence-corrected chi connectivity index (χ0v) is 23.8. The van der Waals surface area contributed by atoms with Crippen molar-refractivity contribution in [3.8, 4) is 5.75 Å². The van der Waals surface area contributed by atoms with E-state index in [1.807, 2.05) is 46.5 Å². The van der Waals surface area contributed by atoms with Gasteiger partial charge >= 0.3 is 13.5 Å². The van der Waals surface area contributed by atoms with Crippen LogP contribution in [0.15, 0.2) is 21.9 Å². The number of rotatable bonds is 5. The van der Waals surface area contributed by atoms with Crippen LogP contribution in [0.5, 0.6) is 5.75 Å². The smallest absolute Gasteiger partial charge is 0.403 e. The molecule has 0 saturated carbocycles. The minimum absolute atomic E-state index is 0.0373. The molecule has 2 N–H and O–H groups in total. The highest BCUT2D eigenvalue weighted by atomic mass is 31.2. The highest BCUT2D eigenvalue weighted by Gasteiger charge is 2.51. The number of ether oxygens (including phenoxy) is 1. The van der Waals surface area contributed by atoms with Crippen molar-refractivity contribution in [2.75, 3.05) is 6.56 Å². The van der Waals surface area contributed by atoms with Crippen LogP contribution >= 0.6 is 7.82 Å². The predicted molar refractivity (Wildman–Crippen MR) is 138 cm³/mol. The first-order chi connectivity index (χ1) is 18.6. The van der Waals surface area contributed by atoms with Gasteiger partial charge in [-0.2, -0.15) is 0 Å². The van der Waals surface area contributed by atoms with Crippen LogP contribution in [0.2, 0.25) is 0 Å². The molecule has 0 spiro atoms. The SMILES string of the molecule is [2H]C([2H])(OP1(=O)OCc2c(F)c(C(C)(C)C)cc(C(C)(C)C)c2O1)[C@]1(F)C[C@@H](O)[C@H](n2cc(CC)c(=O)[nH]c2=O)O1. The molecule has 0 aliphatic carbocycles. The molecule has 1 aromatic carbocycles. The van der Waals surface area contributed by atoms with E-state index in [2.05, 4.69) is 0 Å². The first kappa shape index (κ1) is 26.8. The molecule has 3 heterocycles. The number of benzene rings is 1. The maximum atomic E-state index is 16.0. The van der Waals surface area contributed by atoms with E-state index in [0.29, 0.717) is 11.1 Å². The monoisotopic (exact) mass is 574 g/mol. The third kappa shape index (κ3) is 5.76. The van der Waals surface area contributed by atoms with Gasteiger partial charge in [-0.05, 0) is 28.9 Å². The fourth-order valence-corrected chi connectivity index (χ4v) is 5.56. The zero-order valence-electron chi connectivity index (χ0n) is 24.9. The van der Waals surface area contributed by atoms with Crippen molar-refractivity contribution in [2.24, 2.45) is 0 Å². The van der Waals surface area contributed by atoms with Crippen molar-refractivity contribution in [2.45, 2.75) is 96.9 Å². The zero-order chi connectivity index (χ0) is 30.9. The van der Waals surface area contributed by atoms with Crippen molar-refractivity contribution in [3.05, 3.63) is 61.2 Å². The molecule has 2 aliphatic rings. The summed E-state index contributed by atoms with van der Waals surface area (Å²) in [5.41, 5.74) is -2.01. The van der Waals surface area contributed by atoms with Crippen molar-refractivity contribution in [1.82, 2.24) is 9.55 Å². The lowest BCUT2D eigenvalue weighted by Crippen LogP contribution is -2.37. The largest absolute Gasteiger partial charge is 0.530 e. The molecule has 4 atom stereocenters. The summed E-state index contributed by atoms with van der Waals surface area (Å²) in [7, 11) is -4.93. The van der Waals surface area contributed by atoms with Crippen LogP contribution in [0, 0.1) is 5.82 Å². The van der Waals surface area contributed by atoms with E-state index in [1.54, 1.807) is 13.0 Å². The average molecular weight is 575 g/mol. The molecule has 1 saturated heterocycles. The first-order valence-electron chi connectivity index (χ1n) is 13.5. The summed E-state index contributed by atoms with van der Waals surface area (Å²) >= 11 is 0. The van der Waals surface area contributed by atoms with Gasteiger partial charge in [-0.3, -0.25) is 23.4 Å². The topological polar surface area (TPSA) is 129 Å². The van der Waals surface area contributed by atoms with Gasteiger partial charge in [0.2, 0.25) is 5.85 Å². The van der Waals surface area contributed by atoms with Gasteiger partial charge in [0.1, 0.15) is 24.2 Å². The highest BCUT2D eigenvalue weighted by molar-refractivity contribution is 7.49. The second-order valence-corrected chi connectivity index (χ2v) is 13.3. The number of fused-ring (bicyclic) bond motifs is 1. The van der Waals surface area contributed by atoms with Crippen LogP contribution < -0.4 is 15.8 Å². The number of phosphoric ester groups is 1. The van der Waals surface area contributed by atoms with Gasteiger partial charge in [0.25, 0.3) is 5.56 Å². The summed E-state index contributed by atoms with van der Waals surface area (Å²) in [5, 5.41) is 10.5. The lowest BCUT2D eigenvalue weighted by atomic mass is 9.78. The first-order valence-corrected chi connectivity index (χ1v) is 14.0. The Hall–Kier alpha value is -2.37. The van der Waals surface area contributed by atoms with Crippen LogP contribution in [-0.4, -0.2) is 33.2 Å². The van der Waals surface area contributed by atoms with Gasteiger partial charge in [-0.15, -0.1) is 0 Å². The average Bonchev–Trinajstić information content (AvgIpc) is 3.12. The number of aliphatic hydroxyl groups is 1. The summed E-state index contributed by atoms with van der Waals surface area (Å²) in [4.78, 5) is 26.3. The summed E-state index contributed by atoms with van der Waals surface area (Å²) in [5.74, 6) is -4.24. The molecule has 0 bridgehead atoms. The highest BCUT2D eigenvalue weighted by Crippen LogP contribution is 2.58. The number of nitrogens with zero attached hydrogens (tertiary/aromatic N) is 1. The minimum atomic E-state index is -4.93. The molecule has 39 heavy (non-hydrogen) atoms. The quantitative estimate of drug-likeness (QED) is 0.499. The van der Waals surface area contributed by atoms with E-state index in [4.69, 9.17) is 21.0 Å². The number of nitrogens with one attached hydrogen (secondary N) is 1. The van der Waals surface area contributed by atoms with E-state index in [-0.39, 0.29) is 23.3 Å². The lowest BCUT2D eigenvalue weighted by molar-refractivity contribution is -0.179. The number of hydrogen-bond acceptors (Lipinski definition) is 8. The lowest BCUT2D eigenvalue weighted by Gasteiger charge is -2.34. The molecule has 216 valence electrons. The molecule has 2 aromatic rings. The second kappa shape index (κ2) is 9.92. The Kier molecular flexibility index (Phi) is 6.83. The Balaban J connectivity index is 1.67. The number of aliphatic hydroxyl groups excluding tert-OH is 1. The molecule has 2 aliphatic heterocycles. The maximum Gasteiger partial charge on any atom is 0.530 e. The third-order valence-corrected chi connectivity index (χ3v) is 7.78. The van der Waals surface area contributed by atoms with Crippen molar-refractivity contribution < 1.29 is 39.5 Å². The molecule has 1 unspecified atom stereocenters. The number of aromatic nitrogens is 2. The molecule has 0 radical (unpaired) electrons. The van der Waals surface area contributed by atoms with Crippen LogP contribution in [0.25, 0.3) is 0 Å². The Morgan fingerprint density at radius 1 is 1.26 bits per heavy atom. The molecular weight excluding hydrogens is 537 g/mol. The number of aryl methyl sites for hydroxylation is 1. The number of H-pyrrole nitrogens is 1. The Morgan fingerprint density at radius 2 is 1.90 bits per heavy atom. The number of phosphoric acid groups is 1. The Morgan fingerprint density at radius 3 is 2.49 bits per heavy atom. The van der Waals surface area contributed by atoms with E-state index in [0.717, 1.165) is 10.8 Å². The molecule has 1 fully saturated rings. The summed E-state index contributed by atoms with van der Waals surface area (Å²) in [6.07, 6.45) is -3.26. The van der Waals surface area contributed by atoms with E-state index in [9.17, 15) is 19.3 Å². The van der Waals surface area contributed by atoms with Crippen LogP contribution in [0.1, 0.15) is 86.1 Å². The van der Waals surface area contributed by atoms with Crippen LogP contribution in [0.4, 0.5) is 8.78 Å². The van der Waals surface area contributed by atoms with Gasteiger partial charge in [-0.1, -0.05) is 48.5 Å². The summed E-state index contributed by atoms with van der Waals surface area (Å²) in [6.45, 7) is 8.42. The van der Waals surface area contributed by atoms with Crippen LogP contribution in [0.3, 0.4) is 0 Å². The fraction of sp³-hybridized carbons (Fsp3) is 0.615. The molecular formula is C26H35F2N2O8P. The number of halogens is 2. The molecule has 10 nitrogen and oxygen atoms in total. The van der Waals surface area contributed by atoms with Crippen molar-refractivity contribution in [1.29, 1.82) is 0 Å². The van der Waals surface area contributed by atoms with Crippen molar-refractivity contribution >= 4 is 7.82 Å². The molecule has 13 heteroatoms. The Labute approximate surface area is 227 Å². The van der Waals surface area contributed by atoms with E-state index < -0.39 is 73.5 Å². The van der Waals surface area contributed by atoms with E-state index in [1.165, 1.54) is 0 Å². The number of hydrogen-bond donors (Lipinski definition) is 2. The van der Waals surface area contributed by atoms with E-state index >= 15 is 8.78 Å². The third-order valence-electron chi connectivity index (χ3n) is 6.61. The molecule has 0 amide bonds. The standard InChI is InChI=1S/C26H35F2N2O8P/c1-8-14-11-30(23(33)29-21(14)32)22-18(31)10-26(28,37-22)13-36-39(34)35-12-15-19(27)16(24(2,3)4)9-17(20(15)38-39)25(5,6)7/h9,11,18,22,31H,8,10,12-13H2,1-7H3,(H,29,32,33)/t18-,22-,26+,39?/m1/s1/i13D2. The van der Waals surface area contributed by atoms with Gasteiger partial charge in [0.05, 0.1) is 14.9 Å². The normalized spacial score (nSPS) is 28.5. The summed E-state index contributed by atoms with van der Waals surface area (Å²) in [6, 6.07) is 1.59. The Bertz CT molecular complexity index is 1530. The molecule has 4 rings (SSSR count).